The lowest BCUT2D eigenvalue weighted by molar-refractivity contribution is -0.118. The van der Waals surface area contributed by atoms with Crippen molar-refractivity contribution in [1.82, 2.24) is 9.47 Å². The van der Waals surface area contributed by atoms with Gasteiger partial charge in [0.05, 0.1) is 24.3 Å². The lowest BCUT2D eigenvalue weighted by atomic mass is 9.97. The van der Waals surface area contributed by atoms with Gasteiger partial charge in [-0.1, -0.05) is 49.6 Å². The number of piperidine rings is 1. The lowest BCUT2D eigenvalue weighted by Gasteiger charge is -2.34. The van der Waals surface area contributed by atoms with Gasteiger partial charge in [-0.05, 0) is 50.7 Å². The largest absolute Gasteiger partial charge is 0.375 e. The Bertz CT molecular complexity index is 978. The topological polar surface area (TPSA) is 70.3 Å². The molecule has 1 saturated heterocycles. The fourth-order valence-electron chi connectivity index (χ4n) is 5.15. The summed E-state index contributed by atoms with van der Waals surface area (Å²) in [5.74, 6) is 0.543. The van der Waals surface area contributed by atoms with Crippen LogP contribution in [-0.2, 0) is 16.1 Å². The van der Waals surface area contributed by atoms with E-state index >= 15 is 0 Å². The maximum absolute atomic E-state index is 13.0. The van der Waals surface area contributed by atoms with E-state index in [1.165, 1.54) is 32.1 Å². The van der Waals surface area contributed by atoms with Gasteiger partial charge in [0.25, 0.3) is 0 Å². The summed E-state index contributed by atoms with van der Waals surface area (Å²) in [7, 11) is 0. The SMILES string of the molecule is Cc1c(C#N)c(NC(=O)CN2CCC(OC3CCCCC3)CC2)n(Cc2ccccc2)c1C. The van der Waals surface area contributed by atoms with E-state index in [1.54, 1.807) is 0 Å². The molecule has 0 spiro atoms. The fraction of sp³-hybridized carbons (Fsp3) is 0.556. The van der Waals surface area contributed by atoms with Crippen molar-refractivity contribution in [2.24, 2.45) is 0 Å². The predicted octanol–water partition coefficient (Wildman–Crippen LogP) is 4.78. The Labute approximate surface area is 197 Å². The maximum atomic E-state index is 13.0. The molecule has 1 saturated carbocycles. The van der Waals surface area contributed by atoms with Gasteiger partial charge in [-0.15, -0.1) is 0 Å². The standard InChI is InChI=1S/C27H36N4O2/c1-20-21(2)31(18-22-9-5-3-6-10-22)27(25(20)17-28)29-26(32)19-30-15-13-24(14-16-30)33-23-11-7-4-8-12-23/h3,5-6,9-10,23-24H,4,7-8,11-16,18-19H2,1-2H3,(H,29,32). The number of benzene rings is 1. The third-order valence-corrected chi connectivity index (χ3v) is 7.22. The molecule has 33 heavy (non-hydrogen) atoms. The van der Waals surface area contributed by atoms with Crippen molar-refractivity contribution in [3.63, 3.8) is 0 Å². The van der Waals surface area contributed by atoms with Crippen LogP contribution >= 0.6 is 0 Å². The molecule has 0 radical (unpaired) electrons. The number of carbonyl (C=O) groups excluding carboxylic acids is 1. The van der Waals surface area contributed by atoms with Crippen LogP contribution in [0.3, 0.4) is 0 Å². The number of aromatic nitrogens is 1. The summed E-state index contributed by atoms with van der Waals surface area (Å²) in [4.78, 5) is 15.2. The van der Waals surface area contributed by atoms with Crippen molar-refractivity contribution in [1.29, 1.82) is 5.26 Å². The Balaban J connectivity index is 1.35. The van der Waals surface area contributed by atoms with Crippen molar-refractivity contribution in [2.75, 3.05) is 25.0 Å². The number of hydrogen-bond acceptors (Lipinski definition) is 4. The predicted molar refractivity (Wildman–Crippen MR) is 130 cm³/mol. The number of likely N-dealkylation sites (tertiary alicyclic amines) is 1. The molecule has 1 aromatic heterocycles. The second-order valence-electron chi connectivity index (χ2n) is 9.54. The highest BCUT2D eigenvalue weighted by atomic mass is 16.5. The van der Waals surface area contributed by atoms with Crippen molar-refractivity contribution in [3.8, 4) is 6.07 Å². The minimum absolute atomic E-state index is 0.0649. The molecule has 1 N–H and O–H groups in total. The molecule has 2 aromatic rings. The highest BCUT2D eigenvalue weighted by molar-refractivity contribution is 5.93. The Kier molecular flexibility index (Phi) is 7.85. The Morgan fingerprint density at radius 2 is 1.73 bits per heavy atom. The molecular weight excluding hydrogens is 412 g/mol. The summed E-state index contributed by atoms with van der Waals surface area (Å²) in [5.41, 5.74) is 3.61. The molecule has 176 valence electrons. The number of nitriles is 1. The summed E-state index contributed by atoms with van der Waals surface area (Å²) in [5, 5.41) is 12.8. The van der Waals surface area contributed by atoms with Crippen molar-refractivity contribution in [2.45, 2.75) is 77.5 Å². The van der Waals surface area contributed by atoms with Gasteiger partial charge in [-0.2, -0.15) is 5.26 Å². The van der Waals surface area contributed by atoms with Crippen molar-refractivity contribution in [3.05, 3.63) is 52.7 Å². The second-order valence-corrected chi connectivity index (χ2v) is 9.54. The van der Waals surface area contributed by atoms with Crippen LogP contribution in [0, 0.1) is 25.2 Å². The average molecular weight is 449 g/mol. The van der Waals surface area contributed by atoms with Gasteiger partial charge < -0.3 is 14.6 Å². The number of amides is 1. The first-order valence-corrected chi connectivity index (χ1v) is 12.4. The number of carbonyl (C=O) groups is 1. The molecule has 1 aromatic carbocycles. The van der Waals surface area contributed by atoms with Gasteiger partial charge in [0, 0.05) is 25.3 Å². The fourth-order valence-corrected chi connectivity index (χ4v) is 5.15. The van der Waals surface area contributed by atoms with Crippen molar-refractivity contribution >= 4 is 11.7 Å². The average Bonchev–Trinajstić information content (AvgIpc) is 3.05. The molecule has 2 heterocycles. The molecule has 6 nitrogen and oxygen atoms in total. The molecule has 6 heteroatoms. The first kappa shape index (κ1) is 23.5. The summed E-state index contributed by atoms with van der Waals surface area (Å²) in [6, 6.07) is 12.4. The second kappa shape index (κ2) is 11.0. The molecule has 0 atom stereocenters. The van der Waals surface area contributed by atoms with Gasteiger partial charge in [0.15, 0.2) is 0 Å². The van der Waals surface area contributed by atoms with Crippen LogP contribution in [0.4, 0.5) is 5.82 Å². The van der Waals surface area contributed by atoms with Gasteiger partial charge in [0.2, 0.25) is 5.91 Å². The van der Waals surface area contributed by atoms with Crippen molar-refractivity contribution < 1.29 is 9.53 Å². The number of rotatable bonds is 7. The zero-order chi connectivity index (χ0) is 23.2. The van der Waals surface area contributed by atoms with Crippen LogP contribution in [0.1, 0.15) is 67.3 Å². The number of nitrogens with one attached hydrogen (secondary N) is 1. The van der Waals surface area contributed by atoms with Crippen LogP contribution in [0.25, 0.3) is 0 Å². The molecular formula is C27H36N4O2. The molecule has 1 aliphatic heterocycles. The number of hydrogen-bond donors (Lipinski definition) is 1. The molecule has 4 rings (SSSR count). The Morgan fingerprint density at radius 3 is 2.39 bits per heavy atom. The van der Waals surface area contributed by atoms with Gasteiger partial charge in [-0.3, -0.25) is 9.69 Å². The van der Waals surface area contributed by atoms with Gasteiger partial charge in [0.1, 0.15) is 11.9 Å². The quantitative estimate of drug-likeness (QED) is 0.662. The summed E-state index contributed by atoms with van der Waals surface area (Å²) in [6.45, 7) is 6.66. The zero-order valence-electron chi connectivity index (χ0n) is 20.0. The van der Waals surface area contributed by atoms with Crippen LogP contribution in [0.5, 0.6) is 0 Å². The zero-order valence-corrected chi connectivity index (χ0v) is 20.0. The maximum Gasteiger partial charge on any atom is 0.239 e. The molecule has 1 amide bonds. The number of ether oxygens (including phenoxy) is 1. The van der Waals surface area contributed by atoms with Crippen LogP contribution < -0.4 is 5.32 Å². The molecule has 2 aliphatic rings. The summed E-state index contributed by atoms with van der Waals surface area (Å²) in [6.07, 6.45) is 9.05. The van der Waals surface area contributed by atoms with E-state index in [-0.39, 0.29) is 5.91 Å². The van der Waals surface area contributed by atoms with E-state index in [2.05, 4.69) is 28.4 Å². The third kappa shape index (κ3) is 5.85. The van der Waals surface area contributed by atoms with Crippen LogP contribution in [-0.4, -0.2) is 47.2 Å². The number of nitrogens with zero attached hydrogens (tertiary/aromatic N) is 3. The van der Waals surface area contributed by atoms with E-state index in [4.69, 9.17) is 4.74 Å². The normalized spacial score (nSPS) is 18.2. The minimum Gasteiger partial charge on any atom is -0.375 e. The molecule has 0 unspecified atom stereocenters. The van der Waals surface area contributed by atoms with Crippen LogP contribution in [0.15, 0.2) is 30.3 Å². The monoisotopic (exact) mass is 448 g/mol. The third-order valence-electron chi connectivity index (χ3n) is 7.22. The smallest absolute Gasteiger partial charge is 0.239 e. The Morgan fingerprint density at radius 1 is 1.06 bits per heavy atom. The molecule has 2 fully saturated rings. The van der Waals surface area contributed by atoms with E-state index in [0.29, 0.717) is 36.7 Å². The minimum atomic E-state index is -0.0649. The highest BCUT2D eigenvalue weighted by Gasteiger charge is 2.26. The van der Waals surface area contributed by atoms with Crippen LogP contribution in [0.2, 0.25) is 0 Å². The van der Waals surface area contributed by atoms with E-state index in [9.17, 15) is 10.1 Å². The summed E-state index contributed by atoms with van der Waals surface area (Å²) < 4.78 is 8.38. The van der Waals surface area contributed by atoms with E-state index < -0.39 is 0 Å². The highest BCUT2D eigenvalue weighted by Crippen LogP contribution is 2.28. The Hall–Kier alpha value is -2.62. The molecule has 0 bridgehead atoms. The van der Waals surface area contributed by atoms with E-state index in [0.717, 1.165) is 42.8 Å². The first-order chi connectivity index (χ1) is 16.0. The number of anilines is 1. The summed E-state index contributed by atoms with van der Waals surface area (Å²) >= 11 is 0. The van der Waals surface area contributed by atoms with Gasteiger partial charge in [-0.25, -0.2) is 0 Å². The van der Waals surface area contributed by atoms with Gasteiger partial charge >= 0.3 is 0 Å². The molecule has 1 aliphatic carbocycles. The van der Waals surface area contributed by atoms with E-state index in [1.807, 2.05) is 36.6 Å². The first-order valence-electron chi connectivity index (χ1n) is 12.4. The lowest BCUT2D eigenvalue weighted by Crippen LogP contribution is -2.42.